The van der Waals surface area contributed by atoms with E-state index < -0.39 is 5.41 Å². The van der Waals surface area contributed by atoms with E-state index in [2.05, 4.69) is 170 Å². The first-order valence-corrected chi connectivity index (χ1v) is 17.5. The molecule has 1 aliphatic heterocycles. The highest BCUT2D eigenvalue weighted by Gasteiger charge is 2.50. The van der Waals surface area contributed by atoms with Crippen molar-refractivity contribution >= 4 is 21.9 Å². The molecule has 0 bridgehead atoms. The molecule has 2 aliphatic rings. The van der Waals surface area contributed by atoms with Gasteiger partial charge in [-0.05, 0) is 86.0 Å². The highest BCUT2D eigenvalue weighted by atomic mass is 16.5. The fourth-order valence-electron chi connectivity index (χ4n) is 8.86. The fraction of sp³-hybridized carbons (Fsp3) is 0.0204. The molecule has 51 heavy (non-hydrogen) atoms. The number of para-hydroxylation sites is 2. The normalized spacial score (nSPS) is 13.4. The summed E-state index contributed by atoms with van der Waals surface area (Å²) in [5.74, 6) is 1.78. The second kappa shape index (κ2) is 10.7. The third kappa shape index (κ3) is 3.93. The van der Waals surface area contributed by atoms with Crippen molar-refractivity contribution < 1.29 is 9.15 Å². The summed E-state index contributed by atoms with van der Waals surface area (Å²) < 4.78 is 13.0. The van der Waals surface area contributed by atoms with Gasteiger partial charge in [-0.1, -0.05) is 152 Å². The van der Waals surface area contributed by atoms with E-state index in [1.54, 1.807) is 0 Å². The van der Waals surface area contributed by atoms with Gasteiger partial charge in [0, 0.05) is 21.9 Å². The van der Waals surface area contributed by atoms with Crippen molar-refractivity contribution in [1.82, 2.24) is 0 Å². The molecular weight excluding hydrogens is 621 g/mol. The van der Waals surface area contributed by atoms with Gasteiger partial charge in [0.15, 0.2) is 0 Å². The number of fused-ring (bicyclic) bond motifs is 12. The smallest absolute Gasteiger partial charge is 0.135 e. The lowest BCUT2D eigenvalue weighted by Crippen LogP contribution is -2.32. The van der Waals surface area contributed by atoms with Crippen molar-refractivity contribution in [3.05, 3.63) is 204 Å². The summed E-state index contributed by atoms with van der Waals surface area (Å²) in [6.07, 6.45) is 0. The van der Waals surface area contributed by atoms with Crippen LogP contribution in [0.5, 0.6) is 11.5 Å². The Morgan fingerprint density at radius 1 is 0.314 bits per heavy atom. The summed E-state index contributed by atoms with van der Waals surface area (Å²) in [5.41, 5.74) is 15.8. The van der Waals surface area contributed by atoms with Gasteiger partial charge >= 0.3 is 0 Å². The molecule has 9 aromatic rings. The second-order valence-corrected chi connectivity index (χ2v) is 13.6. The summed E-state index contributed by atoms with van der Waals surface area (Å²) >= 11 is 0. The Kier molecular flexibility index (Phi) is 5.91. The third-order valence-corrected chi connectivity index (χ3v) is 11.0. The van der Waals surface area contributed by atoms with Crippen molar-refractivity contribution in [3.63, 3.8) is 0 Å². The predicted molar refractivity (Wildman–Crippen MR) is 207 cm³/mol. The van der Waals surface area contributed by atoms with Gasteiger partial charge in [-0.15, -0.1) is 0 Å². The van der Waals surface area contributed by atoms with Crippen LogP contribution in [0.25, 0.3) is 66.4 Å². The maximum absolute atomic E-state index is 6.85. The van der Waals surface area contributed by atoms with Crippen LogP contribution < -0.4 is 4.74 Å². The molecule has 0 fully saturated rings. The van der Waals surface area contributed by atoms with Crippen LogP contribution in [-0.4, -0.2) is 0 Å². The number of hydrogen-bond acceptors (Lipinski definition) is 2. The Morgan fingerprint density at radius 2 is 0.804 bits per heavy atom. The highest BCUT2D eigenvalue weighted by Crippen LogP contribution is 2.62. The molecule has 2 heteroatoms. The topological polar surface area (TPSA) is 22.4 Å². The van der Waals surface area contributed by atoms with Crippen LogP contribution in [0.4, 0.5) is 0 Å². The monoisotopic (exact) mass is 650 g/mol. The van der Waals surface area contributed by atoms with Crippen LogP contribution in [0.3, 0.4) is 0 Å². The Bertz CT molecular complexity index is 2810. The van der Waals surface area contributed by atoms with Crippen LogP contribution in [0.15, 0.2) is 186 Å². The molecule has 11 rings (SSSR count). The lowest BCUT2D eigenvalue weighted by molar-refractivity contribution is 0.436. The molecular formula is C49H30O2. The minimum absolute atomic E-state index is 0.474. The predicted octanol–water partition coefficient (Wildman–Crippen LogP) is 13.1. The minimum Gasteiger partial charge on any atom is -0.457 e. The van der Waals surface area contributed by atoms with Gasteiger partial charge in [-0.25, -0.2) is 0 Å². The van der Waals surface area contributed by atoms with Crippen molar-refractivity contribution in [3.8, 4) is 56.0 Å². The number of furan rings is 1. The van der Waals surface area contributed by atoms with Crippen LogP contribution in [0.2, 0.25) is 0 Å². The Morgan fingerprint density at radius 3 is 1.51 bits per heavy atom. The Balaban J connectivity index is 1.10. The van der Waals surface area contributed by atoms with E-state index in [0.29, 0.717) is 0 Å². The van der Waals surface area contributed by atoms with Gasteiger partial charge in [0.2, 0.25) is 0 Å². The van der Waals surface area contributed by atoms with Gasteiger partial charge in [-0.3, -0.25) is 0 Å². The van der Waals surface area contributed by atoms with Crippen molar-refractivity contribution in [2.24, 2.45) is 0 Å². The van der Waals surface area contributed by atoms with E-state index in [1.807, 2.05) is 12.1 Å². The zero-order valence-electron chi connectivity index (χ0n) is 27.6. The number of benzene rings is 8. The molecule has 8 aromatic carbocycles. The standard InChI is InChI=1S/C49H30O2/c1-3-15-35(33(13-1)31-26-28-46-40(29-31)39-19-7-11-23-45(39)50-46)36-16-4-2-14-34(36)32-25-27-44-48(30-32)51-47-24-12-10-22-43(47)49(44)41-20-8-5-17-37(41)38-18-6-9-21-42(38)49/h1-30H. The molecule has 1 aromatic heterocycles. The minimum atomic E-state index is -0.474. The average Bonchev–Trinajstić information content (AvgIpc) is 3.71. The average molecular weight is 651 g/mol. The molecule has 0 saturated heterocycles. The van der Waals surface area contributed by atoms with E-state index in [1.165, 1.54) is 50.1 Å². The zero-order chi connectivity index (χ0) is 33.5. The lowest BCUT2D eigenvalue weighted by atomic mass is 9.66. The molecule has 0 N–H and O–H groups in total. The molecule has 1 spiro atoms. The summed E-state index contributed by atoms with van der Waals surface area (Å²) in [6, 6.07) is 65.4. The van der Waals surface area contributed by atoms with Crippen LogP contribution in [-0.2, 0) is 5.41 Å². The molecule has 0 saturated carbocycles. The van der Waals surface area contributed by atoms with Crippen molar-refractivity contribution in [2.75, 3.05) is 0 Å². The van der Waals surface area contributed by atoms with E-state index >= 15 is 0 Å². The SMILES string of the molecule is c1ccc2c(c1)Oc1cc(-c3ccccc3-c3ccccc3-c3ccc4oc5ccccc5c4c3)ccc1C21c2ccccc2-c2ccccc21. The van der Waals surface area contributed by atoms with Gasteiger partial charge in [0.25, 0.3) is 0 Å². The van der Waals surface area contributed by atoms with Gasteiger partial charge in [0.1, 0.15) is 22.7 Å². The number of hydrogen-bond donors (Lipinski definition) is 0. The highest BCUT2D eigenvalue weighted by molar-refractivity contribution is 6.07. The molecule has 0 radical (unpaired) electrons. The zero-order valence-corrected chi connectivity index (χ0v) is 27.6. The summed E-state index contributed by atoms with van der Waals surface area (Å²) in [6.45, 7) is 0. The molecule has 2 nitrogen and oxygen atoms in total. The van der Waals surface area contributed by atoms with Gasteiger partial charge in [-0.2, -0.15) is 0 Å². The largest absolute Gasteiger partial charge is 0.457 e. The number of rotatable bonds is 3. The van der Waals surface area contributed by atoms with Gasteiger partial charge < -0.3 is 9.15 Å². The summed E-state index contributed by atoms with van der Waals surface area (Å²) in [4.78, 5) is 0. The van der Waals surface area contributed by atoms with Crippen molar-refractivity contribution in [2.45, 2.75) is 5.41 Å². The van der Waals surface area contributed by atoms with Crippen LogP contribution in [0.1, 0.15) is 22.3 Å². The second-order valence-electron chi connectivity index (χ2n) is 13.6. The third-order valence-electron chi connectivity index (χ3n) is 11.0. The quantitative estimate of drug-likeness (QED) is 0.190. The molecule has 0 unspecified atom stereocenters. The first-order chi connectivity index (χ1) is 25.3. The van der Waals surface area contributed by atoms with E-state index in [4.69, 9.17) is 9.15 Å². The Labute approximate surface area is 295 Å². The first-order valence-electron chi connectivity index (χ1n) is 17.5. The molecule has 238 valence electrons. The fourth-order valence-corrected chi connectivity index (χ4v) is 8.86. The lowest BCUT2D eigenvalue weighted by Gasteiger charge is -2.39. The Hall–Kier alpha value is -6.64. The maximum Gasteiger partial charge on any atom is 0.135 e. The molecule has 1 aliphatic carbocycles. The summed E-state index contributed by atoms with van der Waals surface area (Å²) in [5, 5.41) is 2.26. The van der Waals surface area contributed by atoms with E-state index in [0.717, 1.165) is 50.1 Å². The first kappa shape index (κ1) is 28.2. The number of ether oxygens (including phenoxy) is 1. The van der Waals surface area contributed by atoms with E-state index in [9.17, 15) is 0 Å². The summed E-state index contributed by atoms with van der Waals surface area (Å²) in [7, 11) is 0. The van der Waals surface area contributed by atoms with E-state index in [-0.39, 0.29) is 0 Å². The molecule has 2 heterocycles. The molecule has 0 amide bonds. The van der Waals surface area contributed by atoms with Crippen molar-refractivity contribution in [1.29, 1.82) is 0 Å². The van der Waals surface area contributed by atoms with Crippen LogP contribution in [0, 0.1) is 0 Å². The van der Waals surface area contributed by atoms with Crippen LogP contribution >= 0.6 is 0 Å². The molecule has 0 atom stereocenters. The maximum atomic E-state index is 6.85. The van der Waals surface area contributed by atoms with Gasteiger partial charge in [0.05, 0.1) is 5.41 Å².